The van der Waals surface area contributed by atoms with Crippen LogP contribution in [0.3, 0.4) is 0 Å². The number of amidine groups is 1. The molecule has 0 atom stereocenters. The number of carboxylic acid groups (broad SMARTS) is 1. The number of unbranched alkanes of at least 4 members (excludes halogenated alkanes) is 15. The van der Waals surface area contributed by atoms with E-state index in [9.17, 15) is 14.4 Å². The molecule has 3 aromatic rings. The van der Waals surface area contributed by atoms with Gasteiger partial charge in [0, 0.05) is 18.4 Å². The zero-order chi connectivity index (χ0) is 33.0. The molecule has 2 aromatic carbocycles. The number of rotatable bonds is 24. The summed E-state index contributed by atoms with van der Waals surface area (Å²) in [6, 6.07) is 13.8. The molecule has 0 bridgehead atoms. The first kappa shape index (κ1) is 36.3. The summed E-state index contributed by atoms with van der Waals surface area (Å²) in [5.74, 6) is -0.407. The van der Waals surface area contributed by atoms with Gasteiger partial charge in [0.1, 0.15) is 17.3 Å². The van der Waals surface area contributed by atoms with Gasteiger partial charge in [0.15, 0.2) is 0 Å². The highest BCUT2D eigenvalue weighted by Gasteiger charge is 2.15. The van der Waals surface area contributed by atoms with Gasteiger partial charge in [-0.1, -0.05) is 108 Å². The van der Waals surface area contributed by atoms with E-state index >= 15 is 0 Å². The number of benzene rings is 2. The molecule has 3 rings (SSSR count). The van der Waals surface area contributed by atoms with Gasteiger partial charge in [0.25, 0.3) is 0 Å². The lowest BCUT2D eigenvalue weighted by atomic mass is 10.0. The van der Waals surface area contributed by atoms with E-state index in [1.54, 1.807) is 36.4 Å². The average Bonchev–Trinajstić information content (AvgIpc) is 3.52. The SMILES string of the molecule is N=C(N)c1ccc2cc(OC(=O)c3ccc(CNC(=O)CCCCCCCCCCCCCCCCCCC(=O)O)o3)ccc2c1. The summed E-state index contributed by atoms with van der Waals surface area (Å²) >= 11 is 0. The number of nitrogen functional groups attached to an aromatic ring is 1. The van der Waals surface area contributed by atoms with Crippen molar-refractivity contribution in [1.29, 1.82) is 5.41 Å². The summed E-state index contributed by atoms with van der Waals surface area (Å²) in [6.07, 6.45) is 19.6. The summed E-state index contributed by atoms with van der Waals surface area (Å²) in [5.41, 5.74) is 6.18. The maximum absolute atomic E-state index is 12.6. The Bertz CT molecular complexity index is 1400. The fourth-order valence-electron chi connectivity index (χ4n) is 5.51. The molecule has 0 radical (unpaired) electrons. The van der Waals surface area contributed by atoms with Gasteiger partial charge >= 0.3 is 11.9 Å². The second-order valence-corrected chi connectivity index (χ2v) is 12.1. The molecule has 0 fully saturated rings. The van der Waals surface area contributed by atoms with Crippen LogP contribution in [0, 0.1) is 5.41 Å². The number of hydrogen-bond acceptors (Lipinski definition) is 6. The Labute approximate surface area is 272 Å². The average molecular weight is 634 g/mol. The molecule has 9 heteroatoms. The molecular formula is C37H51N3O6. The minimum absolute atomic E-state index is 0.00518. The van der Waals surface area contributed by atoms with Crippen molar-refractivity contribution in [1.82, 2.24) is 5.32 Å². The number of aliphatic carboxylic acids is 1. The zero-order valence-electron chi connectivity index (χ0n) is 27.1. The molecular weight excluding hydrogens is 582 g/mol. The van der Waals surface area contributed by atoms with Gasteiger partial charge in [-0.25, -0.2) is 4.79 Å². The quantitative estimate of drug-likeness (QED) is 0.0253. The fraction of sp³-hybridized carbons (Fsp3) is 0.514. The van der Waals surface area contributed by atoms with E-state index in [0.717, 1.165) is 49.3 Å². The molecule has 0 spiro atoms. The molecule has 0 saturated heterocycles. The molecule has 0 unspecified atom stereocenters. The first-order chi connectivity index (χ1) is 22.3. The van der Waals surface area contributed by atoms with Crippen molar-refractivity contribution in [3.8, 4) is 5.75 Å². The molecule has 5 N–H and O–H groups in total. The van der Waals surface area contributed by atoms with E-state index < -0.39 is 11.9 Å². The zero-order valence-corrected chi connectivity index (χ0v) is 27.1. The van der Waals surface area contributed by atoms with Crippen LogP contribution in [0.5, 0.6) is 5.75 Å². The largest absolute Gasteiger partial charge is 0.481 e. The van der Waals surface area contributed by atoms with Crippen molar-refractivity contribution in [2.45, 2.75) is 122 Å². The van der Waals surface area contributed by atoms with Crippen molar-refractivity contribution >= 4 is 34.5 Å². The van der Waals surface area contributed by atoms with Crippen molar-refractivity contribution < 1.29 is 28.6 Å². The van der Waals surface area contributed by atoms with Crippen LogP contribution in [0.4, 0.5) is 0 Å². The first-order valence-corrected chi connectivity index (χ1v) is 17.0. The number of hydrogen-bond donors (Lipinski definition) is 4. The third kappa shape index (κ3) is 14.3. The Morgan fingerprint density at radius 3 is 1.78 bits per heavy atom. The molecule has 1 heterocycles. The number of fused-ring (bicyclic) bond motifs is 1. The van der Waals surface area contributed by atoms with Crippen molar-refractivity contribution in [3.63, 3.8) is 0 Å². The van der Waals surface area contributed by atoms with Crippen molar-refractivity contribution in [3.05, 3.63) is 65.6 Å². The predicted molar refractivity (Wildman–Crippen MR) is 181 cm³/mol. The highest BCUT2D eigenvalue weighted by molar-refractivity contribution is 5.99. The van der Waals surface area contributed by atoms with E-state index in [1.165, 1.54) is 64.2 Å². The lowest BCUT2D eigenvalue weighted by Gasteiger charge is -2.06. The van der Waals surface area contributed by atoms with Crippen LogP contribution in [0.2, 0.25) is 0 Å². The monoisotopic (exact) mass is 633 g/mol. The topological polar surface area (TPSA) is 156 Å². The third-order valence-electron chi connectivity index (χ3n) is 8.20. The number of nitrogens with one attached hydrogen (secondary N) is 2. The Hall–Kier alpha value is -4.14. The highest BCUT2D eigenvalue weighted by Crippen LogP contribution is 2.23. The summed E-state index contributed by atoms with van der Waals surface area (Å²) in [5, 5.41) is 20.8. The molecule has 9 nitrogen and oxygen atoms in total. The summed E-state index contributed by atoms with van der Waals surface area (Å²) in [6.45, 7) is 0.217. The smallest absolute Gasteiger partial charge is 0.379 e. The van der Waals surface area contributed by atoms with Crippen molar-refractivity contribution in [2.24, 2.45) is 5.73 Å². The van der Waals surface area contributed by atoms with Gasteiger partial charge in [-0.2, -0.15) is 0 Å². The van der Waals surface area contributed by atoms with Gasteiger partial charge in [-0.3, -0.25) is 15.0 Å². The number of furan rings is 1. The Kier molecular flexibility index (Phi) is 16.4. The highest BCUT2D eigenvalue weighted by atomic mass is 16.5. The maximum atomic E-state index is 12.6. The lowest BCUT2D eigenvalue weighted by Crippen LogP contribution is -2.22. The second kappa shape index (κ2) is 20.8. The van der Waals surface area contributed by atoms with E-state index in [2.05, 4.69) is 5.32 Å². The van der Waals surface area contributed by atoms with Gasteiger partial charge < -0.3 is 25.3 Å². The number of carbonyl (C=O) groups is 3. The van der Waals surface area contributed by atoms with Gasteiger partial charge in [0.05, 0.1) is 6.54 Å². The molecule has 0 saturated carbocycles. The minimum atomic E-state index is -0.686. The fourth-order valence-corrected chi connectivity index (χ4v) is 5.51. The van der Waals surface area contributed by atoms with E-state index in [0.29, 0.717) is 29.9 Å². The van der Waals surface area contributed by atoms with E-state index in [4.69, 9.17) is 25.4 Å². The number of ether oxygens (including phenoxy) is 1. The Morgan fingerprint density at radius 2 is 1.22 bits per heavy atom. The third-order valence-corrected chi connectivity index (χ3v) is 8.20. The van der Waals surface area contributed by atoms with Crippen LogP contribution in [0.1, 0.15) is 137 Å². The number of carboxylic acids is 1. The maximum Gasteiger partial charge on any atom is 0.379 e. The van der Waals surface area contributed by atoms with Gasteiger partial charge in [0.2, 0.25) is 11.7 Å². The lowest BCUT2D eigenvalue weighted by molar-refractivity contribution is -0.137. The van der Waals surface area contributed by atoms with Crippen LogP contribution in [0.25, 0.3) is 10.8 Å². The van der Waals surface area contributed by atoms with Crippen LogP contribution in [-0.2, 0) is 16.1 Å². The Morgan fingerprint density at radius 1 is 0.696 bits per heavy atom. The molecule has 0 aliphatic rings. The molecule has 46 heavy (non-hydrogen) atoms. The van der Waals surface area contributed by atoms with Gasteiger partial charge in [-0.05, 0) is 53.9 Å². The van der Waals surface area contributed by atoms with E-state index in [-0.39, 0.29) is 24.0 Å². The number of carbonyl (C=O) groups excluding carboxylic acids is 2. The number of amides is 1. The molecule has 250 valence electrons. The normalized spacial score (nSPS) is 11.0. The van der Waals surface area contributed by atoms with Gasteiger partial charge in [-0.15, -0.1) is 0 Å². The molecule has 1 amide bonds. The molecule has 0 aliphatic carbocycles. The number of esters is 1. The molecule has 0 aliphatic heterocycles. The second-order valence-electron chi connectivity index (χ2n) is 12.1. The summed E-state index contributed by atoms with van der Waals surface area (Å²) < 4.78 is 11.1. The minimum Gasteiger partial charge on any atom is -0.481 e. The summed E-state index contributed by atoms with van der Waals surface area (Å²) in [7, 11) is 0. The van der Waals surface area contributed by atoms with Crippen LogP contribution in [0.15, 0.2) is 52.9 Å². The van der Waals surface area contributed by atoms with Crippen LogP contribution >= 0.6 is 0 Å². The summed E-state index contributed by atoms with van der Waals surface area (Å²) in [4.78, 5) is 35.3. The van der Waals surface area contributed by atoms with Crippen LogP contribution in [-0.4, -0.2) is 28.8 Å². The van der Waals surface area contributed by atoms with Crippen LogP contribution < -0.4 is 15.8 Å². The van der Waals surface area contributed by atoms with E-state index in [1.807, 2.05) is 12.1 Å². The standard InChI is InChI=1S/C37H51N3O6/c38-36(39)30-20-19-29-26-31(22-21-28(29)25-30)46-37(44)33-24-23-32(45-33)27-40-34(41)17-15-13-11-9-7-5-3-1-2-4-6-8-10-12-14-16-18-35(42)43/h19-26H,1-18,27H2,(H3,38,39)(H,40,41)(H,42,43). The molecule has 1 aromatic heterocycles. The predicted octanol–water partition coefficient (Wildman–Crippen LogP) is 8.66. The van der Waals surface area contributed by atoms with Crippen molar-refractivity contribution in [2.75, 3.05) is 0 Å². The Balaban J connectivity index is 1.16. The first-order valence-electron chi connectivity index (χ1n) is 17.0. The number of nitrogens with two attached hydrogens (primary N) is 1.